The molecule has 0 amide bonds. The second-order valence-corrected chi connectivity index (χ2v) is 4.56. The predicted molar refractivity (Wildman–Crippen MR) is 76.9 cm³/mol. The first-order chi connectivity index (χ1) is 10.1. The Morgan fingerprint density at radius 1 is 1.14 bits per heavy atom. The van der Waals surface area contributed by atoms with Crippen LogP contribution in [-0.2, 0) is 11.3 Å². The van der Waals surface area contributed by atoms with E-state index in [4.69, 9.17) is 4.74 Å². The number of rotatable bonds is 6. The standard InChI is InChI=1S/C15H17F2N3O/c1-3-6-18-14-8-11(9-21-2)19-15(20-14)10-4-5-12(16)13(17)7-10/h4-5,7-8H,3,6,9H2,1-2H3,(H,18,19,20). The summed E-state index contributed by atoms with van der Waals surface area (Å²) in [7, 11) is 1.57. The van der Waals surface area contributed by atoms with Crippen LogP contribution in [0.25, 0.3) is 11.4 Å². The lowest BCUT2D eigenvalue weighted by molar-refractivity contribution is 0.181. The number of nitrogens with zero attached hydrogens (tertiary/aromatic N) is 2. The Hall–Kier alpha value is -2.08. The molecule has 1 aromatic carbocycles. The Morgan fingerprint density at radius 3 is 2.62 bits per heavy atom. The molecular weight excluding hydrogens is 276 g/mol. The summed E-state index contributed by atoms with van der Waals surface area (Å²) in [5, 5.41) is 3.15. The molecule has 112 valence electrons. The van der Waals surface area contributed by atoms with Crippen molar-refractivity contribution in [3.8, 4) is 11.4 Å². The molecular formula is C15H17F2N3O. The summed E-state index contributed by atoms with van der Waals surface area (Å²) in [4.78, 5) is 8.63. The molecule has 0 atom stereocenters. The van der Waals surface area contributed by atoms with Crippen molar-refractivity contribution in [1.29, 1.82) is 0 Å². The number of ether oxygens (including phenoxy) is 1. The van der Waals surface area contributed by atoms with Crippen LogP contribution in [0.15, 0.2) is 24.3 Å². The van der Waals surface area contributed by atoms with Gasteiger partial charge in [-0.2, -0.15) is 0 Å². The number of halogens is 2. The zero-order valence-electron chi connectivity index (χ0n) is 12.0. The van der Waals surface area contributed by atoms with Gasteiger partial charge in [0.1, 0.15) is 5.82 Å². The molecule has 0 aliphatic heterocycles. The van der Waals surface area contributed by atoms with Crippen LogP contribution in [0.1, 0.15) is 19.0 Å². The molecule has 21 heavy (non-hydrogen) atoms. The lowest BCUT2D eigenvalue weighted by Crippen LogP contribution is -2.06. The minimum Gasteiger partial charge on any atom is -0.378 e. The maximum absolute atomic E-state index is 13.3. The number of hydrogen-bond acceptors (Lipinski definition) is 4. The zero-order valence-corrected chi connectivity index (χ0v) is 12.0. The lowest BCUT2D eigenvalue weighted by Gasteiger charge is -2.09. The topological polar surface area (TPSA) is 47.0 Å². The van der Waals surface area contributed by atoms with Gasteiger partial charge >= 0.3 is 0 Å². The molecule has 0 saturated carbocycles. The monoisotopic (exact) mass is 293 g/mol. The van der Waals surface area contributed by atoms with Crippen molar-refractivity contribution in [2.24, 2.45) is 0 Å². The van der Waals surface area contributed by atoms with Crippen LogP contribution in [0.5, 0.6) is 0 Å². The summed E-state index contributed by atoms with van der Waals surface area (Å²) in [5.41, 5.74) is 1.09. The summed E-state index contributed by atoms with van der Waals surface area (Å²) in [5.74, 6) is -0.840. The SMILES string of the molecule is CCCNc1cc(COC)nc(-c2ccc(F)c(F)c2)n1. The van der Waals surface area contributed by atoms with Crippen LogP contribution in [-0.4, -0.2) is 23.6 Å². The second kappa shape index (κ2) is 7.08. The molecule has 0 aliphatic carbocycles. The van der Waals surface area contributed by atoms with E-state index in [1.807, 2.05) is 6.92 Å². The molecule has 1 N–H and O–H groups in total. The number of aromatic nitrogens is 2. The van der Waals surface area contributed by atoms with Gasteiger partial charge in [-0.05, 0) is 24.6 Å². The summed E-state index contributed by atoms with van der Waals surface area (Å²) in [6.45, 7) is 3.13. The van der Waals surface area contributed by atoms with Crippen LogP contribution < -0.4 is 5.32 Å². The van der Waals surface area contributed by atoms with Gasteiger partial charge in [0.05, 0.1) is 12.3 Å². The number of methoxy groups -OCH3 is 1. The molecule has 6 heteroatoms. The molecule has 0 saturated heterocycles. The van der Waals surface area contributed by atoms with E-state index in [0.717, 1.165) is 25.1 Å². The van der Waals surface area contributed by atoms with Gasteiger partial charge < -0.3 is 10.1 Å². The van der Waals surface area contributed by atoms with E-state index < -0.39 is 11.6 Å². The molecule has 0 aliphatic rings. The van der Waals surface area contributed by atoms with E-state index in [-0.39, 0.29) is 0 Å². The highest BCUT2D eigenvalue weighted by molar-refractivity contribution is 5.57. The van der Waals surface area contributed by atoms with Crippen molar-refractivity contribution in [1.82, 2.24) is 9.97 Å². The normalized spacial score (nSPS) is 10.7. The highest BCUT2D eigenvalue weighted by Crippen LogP contribution is 2.20. The van der Waals surface area contributed by atoms with Crippen LogP contribution in [0.4, 0.5) is 14.6 Å². The van der Waals surface area contributed by atoms with Gasteiger partial charge in [-0.1, -0.05) is 6.92 Å². The van der Waals surface area contributed by atoms with Gasteiger partial charge in [0.2, 0.25) is 0 Å². The fourth-order valence-corrected chi connectivity index (χ4v) is 1.83. The highest BCUT2D eigenvalue weighted by atomic mass is 19.2. The Balaban J connectivity index is 2.40. The van der Waals surface area contributed by atoms with Crippen molar-refractivity contribution in [2.45, 2.75) is 20.0 Å². The minimum absolute atomic E-state index is 0.319. The Bertz CT molecular complexity index is 620. The quantitative estimate of drug-likeness (QED) is 0.887. The number of benzene rings is 1. The summed E-state index contributed by atoms with van der Waals surface area (Å²) < 4.78 is 31.4. The Labute approximate surface area is 122 Å². The van der Waals surface area contributed by atoms with Crippen LogP contribution in [0.3, 0.4) is 0 Å². The highest BCUT2D eigenvalue weighted by Gasteiger charge is 2.10. The van der Waals surface area contributed by atoms with Crippen molar-refractivity contribution < 1.29 is 13.5 Å². The first-order valence-electron chi connectivity index (χ1n) is 6.70. The third-order valence-electron chi connectivity index (χ3n) is 2.81. The fourth-order valence-electron chi connectivity index (χ4n) is 1.83. The van der Waals surface area contributed by atoms with Gasteiger partial charge in [-0.15, -0.1) is 0 Å². The van der Waals surface area contributed by atoms with Crippen molar-refractivity contribution in [2.75, 3.05) is 19.0 Å². The Kier molecular flexibility index (Phi) is 5.16. The molecule has 2 rings (SSSR count). The van der Waals surface area contributed by atoms with Gasteiger partial charge in [0.15, 0.2) is 17.5 Å². The lowest BCUT2D eigenvalue weighted by atomic mass is 10.2. The summed E-state index contributed by atoms with van der Waals surface area (Å²) >= 11 is 0. The molecule has 1 aromatic heterocycles. The van der Waals surface area contributed by atoms with Crippen LogP contribution in [0.2, 0.25) is 0 Å². The van der Waals surface area contributed by atoms with E-state index >= 15 is 0 Å². The smallest absolute Gasteiger partial charge is 0.161 e. The molecule has 1 heterocycles. The molecule has 2 aromatic rings. The molecule has 0 fully saturated rings. The first kappa shape index (κ1) is 15.3. The van der Waals surface area contributed by atoms with Crippen LogP contribution in [0, 0.1) is 11.6 Å². The second-order valence-electron chi connectivity index (χ2n) is 4.56. The largest absolute Gasteiger partial charge is 0.378 e. The third kappa shape index (κ3) is 3.95. The molecule has 0 spiro atoms. The van der Waals surface area contributed by atoms with E-state index in [2.05, 4.69) is 15.3 Å². The average Bonchev–Trinajstić information content (AvgIpc) is 2.48. The molecule has 0 unspecified atom stereocenters. The van der Waals surface area contributed by atoms with Crippen molar-refractivity contribution in [3.05, 3.63) is 41.6 Å². The average molecular weight is 293 g/mol. The van der Waals surface area contributed by atoms with Gasteiger partial charge in [0, 0.05) is 25.3 Å². The van der Waals surface area contributed by atoms with E-state index in [1.54, 1.807) is 13.2 Å². The predicted octanol–water partition coefficient (Wildman–Crippen LogP) is 3.39. The zero-order chi connectivity index (χ0) is 15.2. The maximum Gasteiger partial charge on any atom is 0.161 e. The van der Waals surface area contributed by atoms with Gasteiger partial charge in [-0.3, -0.25) is 0 Å². The summed E-state index contributed by atoms with van der Waals surface area (Å²) in [6, 6.07) is 5.39. The van der Waals surface area contributed by atoms with E-state index in [9.17, 15) is 8.78 Å². The van der Waals surface area contributed by atoms with Crippen LogP contribution >= 0.6 is 0 Å². The number of nitrogens with one attached hydrogen (secondary N) is 1. The molecule has 0 bridgehead atoms. The maximum atomic E-state index is 13.3. The third-order valence-corrected chi connectivity index (χ3v) is 2.81. The minimum atomic E-state index is -0.920. The number of anilines is 1. The molecule has 0 radical (unpaired) electrons. The van der Waals surface area contributed by atoms with Gasteiger partial charge in [-0.25, -0.2) is 18.7 Å². The van der Waals surface area contributed by atoms with E-state index in [1.165, 1.54) is 6.07 Å². The molecule has 4 nitrogen and oxygen atoms in total. The van der Waals surface area contributed by atoms with E-state index in [0.29, 0.717) is 29.5 Å². The summed E-state index contributed by atoms with van der Waals surface area (Å²) in [6.07, 6.45) is 0.949. The Morgan fingerprint density at radius 2 is 1.95 bits per heavy atom. The number of hydrogen-bond donors (Lipinski definition) is 1. The van der Waals surface area contributed by atoms with Crippen molar-refractivity contribution >= 4 is 5.82 Å². The van der Waals surface area contributed by atoms with Gasteiger partial charge in [0.25, 0.3) is 0 Å². The fraction of sp³-hybridized carbons (Fsp3) is 0.333. The van der Waals surface area contributed by atoms with Crippen molar-refractivity contribution in [3.63, 3.8) is 0 Å². The first-order valence-corrected chi connectivity index (χ1v) is 6.70.